The molecule has 3 N–H and O–H groups in total. The molecule has 15 nitrogen and oxygen atoms in total. The number of sulfonamides is 1. The van der Waals surface area contributed by atoms with Crippen LogP contribution >= 0.6 is 0 Å². The van der Waals surface area contributed by atoms with Crippen LogP contribution in [0, 0.1) is 5.92 Å². The second-order valence-electron chi connectivity index (χ2n) is 14.5. The first-order valence-corrected chi connectivity index (χ1v) is 18.5. The number of methoxy groups -OCH3 is 1. The maximum absolute atomic E-state index is 14.3. The Bertz CT molecular complexity index is 1920. The van der Waals surface area contributed by atoms with E-state index in [1.807, 2.05) is 0 Å². The second-order valence-corrected chi connectivity index (χ2v) is 16.4. The van der Waals surface area contributed by atoms with Crippen molar-refractivity contribution in [1.82, 2.24) is 25.2 Å². The van der Waals surface area contributed by atoms with Gasteiger partial charge in [-0.2, -0.15) is 0 Å². The van der Waals surface area contributed by atoms with Crippen molar-refractivity contribution in [2.24, 2.45) is 5.92 Å². The summed E-state index contributed by atoms with van der Waals surface area (Å²) in [4.78, 5) is 73.3. The summed E-state index contributed by atoms with van der Waals surface area (Å²) in [5.41, 5.74) is -2.39. The normalized spacial score (nSPS) is 23.2. The zero-order valence-electron chi connectivity index (χ0n) is 29.9. The van der Waals surface area contributed by atoms with Crippen LogP contribution in [0.1, 0.15) is 59.8 Å². The Kier molecular flexibility index (Phi) is 10.7. The molecule has 5 atom stereocenters. The highest BCUT2D eigenvalue weighted by Crippen LogP contribution is 2.45. The van der Waals surface area contributed by atoms with E-state index in [4.69, 9.17) is 14.2 Å². The fourth-order valence-electron chi connectivity index (χ4n) is 6.11. The number of allylic oxidation sites excluding steroid dienone is 1. The number of hydrogen-bond donors (Lipinski definition) is 3. The number of amides is 4. The summed E-state index contributed by atoms with van der Waals surface area (Å²) < 4.78 is 44.4. The molecule has 0 spiro atoms. The summed E-state index contributed by atoms with van der Waals surface area (Å²) in [6.45, 7) is 13.6. The lowest BCUT2D eigenvalue weighted by Crippen LogP contribution is -2.58. The number of benzene rings is 1. The van der Waals surface area contributed by atoms with Crippen LogP contribution in [0.4, 0.5) is 4.79 Å². The smallest absolute Gasteiger partial charge is 0.408 e. The second kappa shape index (κ2) is 14.6. The van der Waals surface area contributed by atoms with Crippen LogP contribution in [0.5, 0.6) is 11.6 Å². The number of fused-ring (bicyclic) bond motifs is 1. The molecule has 0 bridgehead atoms. The van der Waals surface area contributed by atoms with Crippen molar-refractivity contribution in [2.75, 3.05) is 13.7 Å². The lowest BCUT2D eigenvalue weighted by Gasteiger charge is -2.30. The summed E-state index contributed by atoms with van der Waals surface area (Å²) in [5, 5.41) is 5.93. The zero-order chi connectivity index (χ0) is 38.2. The molecule has 52 heavy (non-hydrogen) atoms. The van der Waals surface area contributed by atoms with Crippen LogP contribution in [0.3, 0.4) is 0 Å². The lowest BCUT2D eigenvalue weighted by atomic mass is 10.0. The third kappa shape index (κ3) is 8.54. The van der Waals surface area contributed by atoms with E-state index in [1.54, 1.807) is 58.3 Å². The molecule has 2 aliphatic carbocycles. The lowest BCUT2D eigenvalue weighted by molar-refractivity contribution is -0.141. The Morgan fingerprint density at radius 3 is 2.46 bits per heavy atom. The molecule has 1 aromatic carbocycles. The molecule has 16 heteroatoms. The quantitative estimate of drug-likeness (QED) is 0.190. The number of aromatic nitrogens is 1. The highest BCUT2D eigenvalue weighted by atomic mass is 32.2. The molecule has 1 aromatic heterocycles. The number of alkyl carbamates (subject to hydrolysis) is 1. The molecule has 5 unspecified atom stereocenters. The zero-order valence-corrected chi connectivity index (χ0v) is 30.7. The number of hydrogen-bond acceptors (Lipinski definition) is 11. The van der Waals surface area contributed by atoms with E-state index >= 15 is 0 Å². The van der Waals surface area contributed by atoms with Crippen molar-refractivity contribution >= 4 is 50.4 Å². The number of pyridine rings is 1. The summed E-state index contributed by atoms with van der Waals surface area (Å²) in [7, 11) is -2.39. The van der Waals surface area contributed by atoms with Gasteiger partial charge in [0.05, 0.1) is 18.9 Å². The summed E-state index contributed by atoms with van der Waals surface area (Å²) in [6.07, 6.45) is 1.64. The van der Waals surface area contributed by atoms with E-state index in [2.05, 4.69) is 33.5 Å². The molecule has 2 heterocycles. The molecule has 4 amide bonds. The molecular formula is C36H45N5O10S. The van der Waals surface area contributed by atoms with E-state index in [1.165, 1.54) is 17.9 Å². The highest BCUT2D eigenvalue weighted by Gasteiger charge is 2.62. The van der Waals surface area contributed by atoms with Crippen molar-refractivity contribution in [2.45, 2.75) is 94.4 Å². The predicted octanol–water partition coefficient (Wildman–Crippen LogP) is 2.69. The average Bonchev–Trinajstić information content (AvgIpc) is 3.99. The average molecular weight is 740 g/mol. The Balaban J connectivity index is 1.45. The largest absolute Gasteiger partial charge is 0.497 e. The van der Waals surface area contributed by atoms with Gasteiger partial charge in [-0.25, -0.2) is 18.2 Å². The van der Waals surface area contributed by atoms with E-state index in [0.29, 0.717) is 24.0 Å². The molecule has 280 valence electrons. The van der Waals surface area contributed by atoms with Crippen molar-refractivity contribution in [3.05, 3.63) is 55.3 Å². The number of ether oxygens (including phenoxy) is 3. The predicted molar refractivity (Wildman–Crippen MR) is 190 cm³/mol. The Hall–Kier alpha value is -4.99. The molecule has 0 radical (unpaired) electrons. The molecule has 2 saturated carbocycles. The van der Waals surface area contributed by atoms with Gasteiger partial charge in [-0.05, 0) is 82.2 Å². The van der Waals surface area contributed by atoms with Gasteiger partial charge < -0.3 is 29.7 Å². The van der Waals surface area contributed by atoms with Gasteiger partial charge in [0.25, 0.3) is 5.91 Å². The molecule has 3 fully saturated rings. The minimum Gasteiger partial charge on any atom is -0.497 e. The van der Waals surface area contributed by atoms with Gasteiger partial charge in [-0.1, -0.05) is 12.7 Å². The third-order valence-electron chi connectivity index (χ3n) is 9.17. The molecule has 2 aromatic rings. The molecule has 1 aliphatic heterocycles. The molecular weight excluding hydrogens is 694 g/mol. The summed E-state index contributed by atoms with van der Waals surface area (Å²) in [5.74, 6) is -2.67. The minimum atomic E-state index is -3.94. The van der Waals surface area contributed by atoms with E-state index < -0.39 is 86.5 Å². The number of Topliss-reactive ketones (excluding diaryl/α,β-unsaturated/α-hetero) is 1. The fourth-order valence-corrected chi connectivity index (χ4v) is 7.47. The van der Waals surface area contributed by atoms with Gasteiger partial charge in [-0.15, -0.1) is 6.58 Å². The number of rotatable bonds is 14. The van der Waals surface area contributed by atoms with E-state index in [9.17, 15) is 32.4 Å². The molecule has 3 aliphatic rings. The van der Waals surface area contributed by atoms with Crippen molar-refractivity contribution in [3.8, 4) is 11.6 Å². The Morgan fingerprint density at radius 2 is 1.87 bits per heavy atom. The van der Waals surface area contributed by atoms with Crippen molar-refractivity contribution in [3.63, 3.8) is 0 Å². The number of ketones is 1. The van der Waals surface area contributed by atoms with Crippen LogP contribution in [0.25, 0.3) is 10.8 Å². The van der Waals surface area contributed by atoms with Crippen molar-refractivity contribution in [1.29, 1.82) is 0 Å². The first-order chi connectivity index (χ1) is 24.4. The van der Waals surface area contributed by atoms with Gasteiger partial charge >= 0.3 is 6.09 Å². The maximum atomic E-state index is 14.3. The van der Waals surface area contributed by atoms with Crippen LogP contribution in [-0.2, 0) is 33.9 Å². The topological polar surface area (TPSA) is 199 Å². The van der Waals surface area contributed by atoms with Gasteiger partial charge in [0, 0.05) is 30.3 Å². The van der Waals surface area contributed by atoms with Gasteiger partial charge in [-0.3, -0.25) is 23.9 Å². The van der Waals surface area contributed by atoms with E-state index in [0.717, 1.165) is 5.39 Å². The standard InChI is InChI=1S/C36H45N5O10S/c1-8-22-18-36(22,33(45)40-52(47,48)25-10-11-25)39-30(43)28-16-24(50-31-26-12-9-23(49-7)15-21(26)13-14-37-31)19-41(28)32(44)27(17-29(42)20(2)3)38-34(46)51-35(4,5)6/h8-9,12-15,22,24-25,27-28H,1-2,10-11,16-19H2,3-7H3,(H,38,46)(H,39,43)(H,40,45). The van der Waals surface area contributed by atoms with Crippen LogP contribution < -0.4 is 24.8 Å². The molecule has 1 saturated heterocycles. The number of nitrogens with zero attached hydrogens (tertiary/aromatic N) is 2. The van der Waals surface area contributed by atoms with Crippen LogP contribution in [-0.4, -0.2) is 96.1 Å². The number of nitrogens with one attached hydrogen (secondary N) is 3. The monoisotopic (exact) mass is 739 g/mol. The number of carbonyl (C=O) groups is 5. The fraction of sp³-hybridized carbons (Fsp3) is 0.500. The SMILES string of the molecule is C=CC1CC1(NC(=O)C1CC(Oc2nccc3cc(OC)ccc23)CN1C(=O)C(CC(=O)C(=C)C)NC(=O)OC(C)(C)C)C(=O)NS(=O)(=O)C1CC1. The third-order valence-corrected chi connectivity index (χ3v) is 11.0. The first-order valence-electron chi connectivity index (χ1n) is 17.0. The summed E-state index contributed by atoms with van der Waals surface area (Å²) >= 11 is 0. The highest BCUT2D eigenvalue weighted by molar-refractivity contribution is 7.91. The number of carbonyl (C=O) groups excluding carboxylic acids is 5. The minimum absolute atomic E-state index is 0.0732. The van der Waals surface area contributed by atoms with E-state index in [-0.39, 0.29) is 30.8 Å². The van der Waals surface area contributed by atoms with Gasteiger partial charge in [0.15, 0.2) is 5.78 Å². The first kappa shape index (κ1) is 38.2. The van der Waals surface area contributed by atoms with Gasteiger partial charge in [0.1, 0.15) is 35.1 Å². The van der Waals surface area contributed by atoms with Crippen molar-refractivity contribution < 1.29 is 46.6 Å². The Morgan fingerprint density at radius 1 is 1.15 bits per heavy atom. The van der Waals surface area contributed by atoms with Crippen LogP contribution in [0.15, 0.2) is 55.3 Å². The van der Waals surface area contributed by atoms with Gasteiger partial charge in [0.2, 0.25) is 27.7 Å². The summed E-state index contributed by atoms with van der Waals surface area (Å²) in [6, 6.07) is 4.35. The van der Waals surface area contributed by atoms with Crippen LogP contribution in [0.2, 0.25) is 0 Å². The molecule has 5 rings (SSSR count). The number of likely N-dealkylation sites (tertiary alicyclic amines) is 1. The Labute approximate surface area is 302 Å². The maximum Gasteiger partial charge on any atom is 0.408 e.